The largest absolute Gasteiger partial charge is 0.494 e. The molecule has 0 aliphatic rings. The number of aromatic nitrogens is 1. The highest BCUT2D eigenvalue weighted by atomic mass is 35.5. The number of rotatable bonds is 5. The number of ether oxygens (including phenoxy) is 1. The zero-order valence-corrected chi connectivity index (χ0v) is 13.0. The summed E-state index contributed by atoms with van der Waals surface area (Å²) in [6.07, 6.45) is 0. The van der Waals surface area contributed by atoms with Gasteiger partial charge in [-0.1, -0.05) is 18.2 Å². The lowest BCUT2D eigenvalue weighted by Crippen LogP contribution is -2.01. The Bertz CT molecular complexity index is 806. The second-order valence-corrected chi connectivity index (χ2v) is 5.20. The van der Waals surface area contributed by atoms with Crippen LogP contribution in [-0.2, 0) is 0 Å². The number of fused-ring (bicyclic) bond motifs is 1. The number of halogens is 1. The van der Waals surface area contributed by atoms with Gasteiger partial charge in [0.25, 0.3) is 0 Å². The van der Waals surface area contributed by atoms with Crippen molar-refractivity contribution in [2.45, 2.75) is 6.92 Å². The monoisotopic (exact) mass is 313 g/mol. The first-order valence-corrected chi connectivity index (χ1v) is 7.71. The molecule has 4 heteroatoms. The number of carbonyl (C=O) groups is 1. The molecule has 0 aliphatic carbocycles. The summed E-state index contributed by atoms with van der Waals surface area (Å²) >= 11 is 5.79. The second-order valence-electron chi connectivity index (χ2n) is 4.93. The van der Waals surface area contributed by atoms with E-state index in [0.717, 1.165) is 27.9 Å². The number of hydrogen-bond acceptors (Lipinski definition) is 2. The van der Waals surface area contributed by atoms with Crippen LogP contribution in [0.15, 0.2) is 48.5 Å². The van der Waals surface area contributed by atoms with E-state index in [4.69, 9.17) is 16.3 Å². The van der Waals surface area contributed by atoms with Crippen molar-refractivity contribution in [1.29, 1.82) is 0 Å². The minimum absolute atomic E-state index is 0.0358. The first kappa shape index (κ1) is 14.7. The van der Waals surface area contributed by atoms with Gasteiger partial charge >= 0.3 is 0 Å². The Morgan fingerprint density at radius 2 is 1.86 bits per heavy atom. The minimum atomic E-state index is -0.0806. The van der Waals surface area contributed by atoms with Gasteiger partial charge in [-0.25, -0.2) is 0 Å². The Morgan fingerprint density at radius 3 is 2.55 bits per heavy atom. The van der Waals surface area contributed by atoms with Crippen LogP contribution in [0.1, 0.15) is 17.3 Å². The van der Waals surface area contributed by atoms with Gasteiger partial charge in [0.05, 0.1) is 23.7 Å². The Hall–Kier alpha value is -2.26. The number of carbonyl (C=O) groups excluding carboxylic acids is 1. The van der Waals surface area contributed by atoms with Crippen LogP contribution in [0.5, 0.6) is 5.75 Å². The summed E-state index contributed by atoms with van der Waals surface area (Å²) < 4.78 is 5.46. The number of para-hydroxylation sites is 1. The second kappa shape index (κ2) is 6.24. The molecule has 0 saturated heterocycles. The quantitative estimate of drug-likeness (QED) is 0.550. The SMILES string of the molecule is CCOc1ccc(-c2[nH]c3ccccc3c2C(=O)CCl)cc1. The van der Waals surface area contributed by atoms with E-state index < -0.39 is 0 Å². The zero-order valence-electron chi connectivity index (χ0n) is 12.2. The first-order valence-electron chi connectivity index (χ1n) is 7.17. The van der Waals surface area contributed by atoms with Gasteiger partial charge in [0.1, 0.15) is 5.75 Å². The van der Waals surface area contributed by atoms with Crippen molar-refractivity contribution in [1.82, 2.24) is 4.98 Å². The molecular formula is C18H16ClNO2. The molecule has 22 heavy (non-hydrogen) atoms. The number of alkyl halides is 1. The predicted molar refractivity (Wildman–Crippen MR) is 90.0 cm³/mol. The van der Waals surface area contributed by atoms with Crippen LogP contribution < -0.4 is 4.74 Å². The molecule has 0 unspecified atom stereocenters. The lowest BCUT2D eigenvalue weighted by atomic mass is 10.0. The van der Waals surface area contributed by atoms with Gasteiger partial charge < -0.3 is 9.72 Å². The van der Waals surface area contributed by atoms with E-state index in [9.17, 15) is 4.79 Å². The minimum Gasteiger partial charge on any atom is -0.494 e. The summed E-state index contributed by atoms with van der Waals surface area (Å²) in [5.74, 6) is 0.696. The summed E-state index contributed by atoms with van der Waals surface area (Å²) in [4.78, 5) is 15.6. The van der Waals surface area contributed by atoms with Gasteiger partial charge in [0, 0.05) is 10.9 Å². The van der Waals surface area contributed by atoms with Crippen LogP contribution in [0, 0.1) is 0 Å². The molecule has 3 rings (SSSR count). The molecular weight excluding hydrogens is 298 g/mol. The van der Waals surface area contributed by atoms with Crippen molar-refractivity contribution >= 4 is 28.3 Å². The molecule has 0 fully saturated rings. The number of aromatic amines is 1. The Balaban J connectivity index is 2.15. The molecule has 0 spiro atoms. The van der Waals surface area contributed by atoms with Crippen LogP contribution in [-0.4, -0.2) is 23.3 Å². The van der Waals surface area contributed by atoms with Crippen LogP contribution in [0.2, 0.25) is 0 Å². The molecule has 0 radical (unpaired) electrons. The average molecular weight is 314 g/mol. The van der Waals surface area contributed by atoms with Crippen molar-refractivity contribution in [3.8, 4) is 17.0 Å². The maximum atomic E-state index is 12.3. The molecule has 1 heterocycles. The standard InChI is InChI=1S/C18H16ClNO2/c1-2-22-13-9-7-12(8-10-13)18-17(16(21)11-19)14-5-3-4-6-15(14)20-18/h3-10,20H,2,11H2,1H3. The number of nitrogens with one attached hydrogen (secondary N) is 1. The Kier molecular flexibility index (Phi) is 4.16. The number of H-pyrrole nitrogens is 1. The van der Waals surface area contributed by atoms with E-state index in [-0.39, 0.29) is 11.7 Å². The molecule has 0 aliphatic heterocycles. The van der Waals surface area contributed by atoms with E-state index in [0.29, 0.717) is 12.2 Å². The summed E-state index contributed by atoms with van der Waals surface area (Å²) in [7, 11) is 0. The Labute approximate surface area is 133 Å². The zero-order chi connectivity index (χ0) is 15.5. The normalized spacial score (nSPS) is 10.8. The van der Waals surface area contributed by atoms with Gasteiger partial charge in [-0.05, 0) is 42.8 Å². The van der Waals surface area contributed by atoms with Gasteiger partial charge in [-0.15, -0.1) is 11.6 Å². The van der Waals surface area contributed by atoms with Crippen molar-refractivity contribution in [2.75, 3.05) is 12.5 Å². The van der Waals surface area contributed by atoms with Crippen LogP contribution >= 0.6 is 11.6 Å². The highest BCUT2D eigenvalue weighted by Gasteiger charge is 2.18. The maximum Gasteiger partial charge on any atom is 0.180 e. The third-order valence-corrected chi connectivity index (χ3v) is 3.80. The van der Waals surface area contributed by atoms with E-state index in [1.807, 2.05) is 55.5 Å². The molecule has 0 amide bonds. The molecule has 0 atom stereocenters. The fourth-order valence-electron chi connectivity index (χ4n) is 2.60. The molecule has 0 saturated carbocycles. The van der Waals surface area contributed by atoms with E-state index >= 15 is 0 Å². The van der Waals surface area contributed by atoms with Crippen molar-refractivity contribution < 1.29 is 9.53 Å². The van der Waals surface area contributed by atoms with Crippen LogP contribution in [0.3, 0.4) is 0 Å². The van der Waals surface area contributed by atoms with Gasteiger partial charge in [-0.2, -0.15) is 0 Å². The molecule has 1 N–H and O–H groups in total. The smallest absolute Gasteiger partial charge is 0.180 e. The van der Waals surface area contributed by atoms with Crippen molar-refractivity contribution in [2.24, 2.45) is 0 Å². The predicted octanol–water partition coefficient (Wildman–Crippen LogP) is 4.66. The number of ketones is 1. The Morgan fingerprint density at radius 1 is 1.14 bits per heavy atom. The molecule has 112 valence electrons. The maximum absolute atomic E-state index is 12.3. The molecule has 0 bridgehead atoms. The van der Waals surface area contributed by atoms with E-state index in [1.54, 1.807) is 0 Å². The van der Waals surface area contributed by atoms with E-state index in [1.165, 1.54) is 0 Å². The summed E-state index contributed by atoms with van der Waals surface area (Å²) in [5.41, 5.74) is 3.32. The lowest BCUT2D eigenvalue weighted by Gasteiger charge is -2.06. The fourth-order valence-corrected chi connectivity index (χ4v) is 2.73. The number of benzene rings is 2. The van der Waals surface area contributed by atoms with Crippen LogP contribution in [0.4, 0.5) is 0 Å². The number of hydrogen-bond donors (Lipinski definition) is 1. The summed E-state index contributed by atoms with van der Waals surface area (Å²) in [6.45, 7) is 2.57. The van der Waals surface area contributed by atoms with Gasteiger partial charge in [0.2, 0.25) is 0 Å². The topological polar surface area (TPSA) is 42.1 Å². The first-order chi connectivity index (χ1) is 10.7. The lowest BCUT2D eigenvalue weighted by molar-refractivity contribution is 0.102. The highest BCUT2D eigenvalue weighted by Crippen LogP contribution is 2.31. The van der Waals surface area contributed by atoms with E-state index in [2.05, 4.69) is 4.98 Å². The molecule has 1 aromatic heterocycles. The number of Topliss-reactive ketones (excluding diaryl/α,β-unsaturated/α-hetero) is 1. The third kappa shape index (κ3) is 2.60. The molecule has 3 nitrogen and oxygen atoms in total. The van der Waals surface area contributed by atoms with Crippen molar-refractivity contribution in [3.05, 3.63) is 54.1 Å². The summed E-state index contributed by atoms with van der Waals surface area (Å²) in [6, 6.07) is 15.4. The molecule has 2 aromatic carbocycles. The van der Waals surface area contributed by atoms with Gasteiger partial charge in [0.15, 0.2) is 5.78 Å². The van der Waals surface area contributed by atoms with Crippen LogP contribution in [0.25, 0.3) is 22.2 Å². The average Bonchev–Trinajstić information content (AvgIpc) is 2.94. The highest BCUT2D eigenvalue weighted by molar-refractivity contribution is 6.33. The third-order valence-electron chi connectivity index (χ3n) is 3.56. The fraction of sp³-hybridized carbons (Fsp3) is 0.167. The van der Waals surface area contributed by atoms with Crippen molar-refractivity contribution in [3.63, 3.8) is 0 Å². The van der Waals surface area contributed by atoms with Gasteiger partial charge in [-0.3, -0.25) is 4.79 Å². The molecule has 3 aromatic rings. The summed E-state index contributed by atoms with van der Waals surface area (Å²) in [5, 5.41) is 0.900.